The van der Waals surface area contributed by atoms with E-state index in [-0.39, 0.29) is 16.6 Å². The molecule has 1 aromatic carbocycles. The standard InChI is InChI=1S/C19H14ClFN4O2/c20-15-10-14(1-2-16(15)21)25-19(27)17-9-13(5-8-23-17)18(26)24-11-12-3-6-22-7-4-12/h1-10H,11H2,(H,24,26)(H,25,27). The minimum absolute atomic E-state index is 0.0482. The number of aromatic nitrogens is 2. The molecule has 0 saturated carbocycles. The smallest absolute Gasteiger partial charge is 0.274 e. The molecule has 6 nitrogen and oxygen atoms in total. The molecule has 0 aliphatic heterocycles. The second kappa shape index (κ2) is 8.37. The predicted octanol–water partition coefficient (Wildman–Crippen LogP) is 3.45. The number of nitrogens with one attached hydrogen (secondary N) is 2. The Morgan fingerprint density at radius 2 is 1.78 bits per heavy atom. The highest BCUT2D eigenvalue weighted by molar-refractivity contribution is 6.31. The number of rotatable bonds is 5. The van der Waals surface area contributed by atoms with Gasteiger partial charge in [-0.2, -0.15) is 0 Å². The fraction of sp³-hybridized carbons (Fsp3) is 0.0526. The van der Waals surface area contributed by atoms with Crippen molar-refractivity contribution in [1.82, 2.24) is 15.3 Å². The molecule has 0 saturated heterocycles. The van der Waals surface area contributed by atoms with Crippen LogP contribution >= 0.6 is 11.6 Å². The SMILES string of the molecule is O=C(NCc1ccncc1)c1ccnc(C(=O)Nc2ccc(F)c(Cl)c2)c1. The van der Waals surface area contributed by atoms with E-state index >= 15 is 0 Å². The third-order valence-corrected chi connectivity index (χ3v) is 3.92. The van der Waals surface area contributed by atoms with Gasteiger partial charge in [-0.05, 0) is 48.0 Å². The molecule has 8 heteroatoms. The Morgan fingerprint density at radius 3 is 2.52 bits per heavy atom. The molecule has 136 valence electrons. The molecule has 0 atom stereocenters. The van der Waals surface area contributed by atoms with E-state index in [0.29, 0.717) is 17.8 Å². The molecule has 2 amide bonds. The summed E-state index contributed by atoms with van der Waals surface area (Å²) in [5, 5.41) is 5.21. The van der Waals surface area contributed by atoms with E-state index in [2.05, 4.69) is 20.6 Å². The fourth-order valence-electron chi connectivity index (χ4n) is 2.25. The first kappa shape index (κ1) is 18.5. The quantitative estimate of drug-likeness (QED) is 0.705. The van der Waals surface area contributed by atoms with Gasteiger partial charge in [0.2, 0.25) is 0 Å². The van der Waals surface area contributed by atoms with Crippen molar-refractivity contribution in [2.24, 2.45) is 0 Å². The fourth-order valence-corrected chi connectivity index (χ4v) is 2.43. The number of anilines is 1. The van der Waals surface area contributed by atoms with E-state index in [1.54, 1.807) is 24.5 Å². The summed E-state index contributed by atoms with van der Waals surface area (Å²) >= 11 is 5.70. The molecular weight excluding hydrogens is 371 g/mol. The summed E-state index contributed by atoms with van der Waals surface area (Å²) in [6.07, 6.45) is 4.64. The third-order valence-electron chi connectivity index (χ3n) is 3.63. The highest BCUT2D eigenvalue weighted by Crippen LogP contribution is 2.19. The number of hydrogen-bond acceptors (Lipinski definition) is 4. The number of pyridine rings is 2. The highest BCUT2D eigenvalue weighted by atomic mass is 35.5. The molecule has 0 aliphatic rings. The monoisotopic (exact) mass is 384 g/mol. The maximum Gasteiger partial charge on any atom is 0.274 e. The van der Waals surface area contributed by atoms with Gasteiger partial charge in [-0.15, -0.1) is 0 Å². The Labute approximate surface area is 159 Å². The molecular formula is C19H14ClFN4O2. The summed E-state index contributed by atoms with van der Waals surface area (Å²) < 4.78 is 13.2. The molecule has 0 spiro atoms. The second-order valence-corrected chi connectivity index (χ2v) is 5.96. The summed E-state index contributed by atoms with van der Waals surface area (Å²) in [5.41, 5.74) is 1.56. The first-order chi connectivity index (χ1) is 13.0. The van der Waals surface area contributed by atoms with Crippen LogP contribution in [0.15, 0.2) is 61.1 Å². The number of hydrogen-bond donors (Lipinski definition) is 2. The van der Waals surface area contributed by atoms with Gasteiger partial charge in [0.25, 0.3) is 11.8 Å². The largest absolute Gasteiger partial charge is 0.348 e. The van der Waals surface area contributed by atoms with Crippen molar-refractivity contribution in [3.63, 3.8) is 0 Å². The number of amides is 2. The summed E-state index contributed by atoms with van der Waals surface area (Å²) in [5.74, 6) is -1.46. The highest BCUT2D eigenvalue weighted by Gasteiger charge is 2.13. The van der Waals surface area contributed by atoms with Crippen molar-refractivity contribution >= 4 is 29.1 Å². The van der Waals surface area contributed by atoms with Gasteiger partial charge >= 0.3 is 0 Å². The molecule has 3 rings (SSSR count). The maximum atomic E-state index is 13.2. The van der Waals surface area contributed by atoms with Crippen LogP contribution in [0.5, 0.6) is 0 Å². The van der Waals surface area contributed by atoms with Gasteiger partial charge in [0.1, 0.15) is 11.5 Å². The number of halogens is 2. The Bertz CT molecular complexity index is 982. The van der Waals surface area contributed by atoms with Gasteiger partial charge in [-0.25, -0.2) is 4.39 Å². The lowest BCUT2D eigenvalue weighted by molar-refractivity contribution is 0.0950. The zero-order valence-electron chi connectivity index (χ0n) is 13.9. The van der Waals surface area contributed by atoms with Crippen molar-refractivity contribution in [2.75, 3.05) is 5.32 Å². The average Bonchev–Trinajstić information content (AvgIpc) is 2.70. The molecule has 0 bridgehead atoms. The maximum absolute atomic E-state index is 13.2. The topological polar surface area (TPSA) is 84.0 Å². The molecule has 27 heavy (non-hydrogen) atoms. The normalized spacial score (nSPS) is 10.3. The first-order valence-electron chi connectivity index (χ1n) is 7.92. The van der Waals surface area contributed by atoms with E-state index in [9.17, 15) is 14.0 Å². The van der Waals surface area contributed by atoms with Crippen molar-refractivity contribution in [1.29, 1.82) is 0 Å². The summed E-state index contributed by atoms with van der Waals surface area (Å²) in [6.45, 7) is 0.333. The van der Waals surface area contributed by atoms with E-state index in [4.69, 9.17) is 11.6 Å². The van der Waals surface area contributed by atoms with Crippen LogP contribution in [0.2, 0.25) is 5.02 Å². The molecule has 2 N–H and O–H groups in total. The minimum Gasteiger partial charge on any atom is -0.348 e. The number of carbonyl (C=O) groups excluding carboxylic acids is 2. The van der Waals surface area contributed by atoms with E-state index < -0.39 is 11.7 Å². The van der Waals surface area contributed by atoms with E-state index in [0.717, 1.165) is 11.6 Å². The Hall–Kier alpha value is -3.32. The van der Waals surface area contributed by atoms with Crippen LogP contribution in [-0.4, -0.2) is 21.8 Å². The van der Waals surface area contributed by atoms with Gasteiger partial charge in [-0.3, -0.25) is 19.6 Å². The zero-order chi connectivity index (χ0) is 19.2. The lowest BCUT2D eigenvalue weighted by atomic mass is 10.2. The second-order valence-electron chi connectivity index (χ2n) is 5.55. The van der Waals surface area contributed by atoms with Crippen LogP contribution in [-0.2, 0) is 6.54 Å². The molecule has 0 aliphatic carbocycles. The van der Waals surface area contributed by atoms with Gasteiger partial charge in [-0.1, -0.05) is 11.6 Å². The van der Waals surface area contributed by atoms with Crippen molar-refractivity contribution in [2.45, 2.75) is 6.54 Å². The van der Waals surface area contributed by atoms with Crippen LogP contribution in [0.4, 0.5) is 10.1 Å². The van der Waals surface area contributed by atoms with Crippen LogP contribution in [0, 0.1) is 5.82 Å². The molecule has 0 fully saturated rings. The zero-order valence-corrected chi connectivity index (χ0v) is 14.7. The Morgan fingerprint density at radius 1 is 1.00 bits per heavy atom. The van der Waals surface area contributed by atoms with E-state index in [1.165, 1.54) is 30.5 Å². The summed E-state index contributed by atoms with van der Waals surface area (Å²) in [7, 11) is 0. The Balaban J connectivity index is 1.67. The van der Waals surface area contributed by atoms with Gasteiger partial charge in [0.15, 0.2) is 0 Å². The molecule has 0 unspecified atom stereocenters. The van der Waals surface area contributed by atoms with Crippen molar-refractivity contribution < 1.29 is 14.0 Å². The summed E-state index contributed by atoms with van der Waals surface area (Å²) in [6, 6.07) is 10.3. The lowest BCUT2D eigenvalue weighted by Crippen LogP contribution is -2.23. The summed E-state index contributed by atoms with van der Waals surface area (Å²) in [4.78, 5) is 32.5. The van der Waals surface area contributed by atoms with Crippen LogP contribution in [0.1, 0.15) is 26.4 Å². The first-order valence-corrected chi connectivity index (χ1v) is 8.30. The number of benzene rings is 1. The van der Waals surface area contributed by atoms with Gasteiger partial charge < -0.3 is 10.6 Å². The van der Waals surface area contributed by atoms with Gasteiger partial charge in [0, 0.05) is 36.4 Å². The molecule has 2 aromatic heterocycles. The predicted molar refractivity (Wildman–Crippen MR) is 99.0 cm³/mol. The third kappa shape index (κ3) is 4.86. The van der Waals surface area contributed by atoms with Gasteiger partial charge in [0.05, 0.1) is 5.02 Å². The average molecular weight is 385 g/mol. The lowest BCUT2D eigenvalue weighted by Gasteiger charge is -2.08. The van der Waals surface area contributed by atoms with Crippen molar-refractivity contribution in [3.8, 4) is 0 Å². The van der Waals surface area contributed by atoms with E-state index in [1.807, 2.05) is 0 Å². The van der Waals surface area contributed by atoms with Crippen molar-refractivity contribution in [3.05, 3.63) is 88.7 Å². The van der Waals surface area contributed by atoms with Crippen LogP contribution in [0.25, 0.3) is 0 Å². The minimum atomic E-state index is -0.583. The molecule has 0 radical (unpaired) electrons. The molecule has 3 aromatic rings. The van der Waals surface area contributed by atoms with Crippen LogP contribution < -0.4 is 10.6 Å². The molecule has 2 heterocycles. The number of carbonyl (C=O) groups is 2. The number of nitrogens with zero attached hydrogens (tertiary/aromatic N) is 2. The van der Waals surface area contributed by atoms with Crippen LogP contribution in [0.3, 0.4) is 0 Å². The Kier molecular flexibility index (Phi) is 5.73.